The Kier molecular flexibility index (Phi) is 4.89. The molecular weight excluding hydrogens is 257 g/mol. The van der Waals surface area contributed by atoms with Crippen LogP contribution in [0.15, 0.2) is 27.5 Å². The second kappa shape index (κ2) is 5.78. The molecule has 0 saturated heterocycles. The first-order valence-electron chi connectivity index (χ1n) is 5.13. The van der Waals surface area contributed by atoms with Gasteiger partial charge in [0, 0.05) is 11.1 Å². The fourth-order valence-electron chi connectivity index (χ4n) is 1.04. The van der Waals surface area contributed by atoms with Gasteiger partial charge in [0.2, 0.25) is 0 Å². The molecule has 94 valence electrons. The fourth-order valence-corrected chi connectivity index (χ4v) is 2.06. The summed E-state index contributed by atoms with van der Waals surface area (Å²) in [5, 5.41) is 0. The molecule has 0 saturated carbocycles. The zero-order valence-electron chi connectivity index (χ0n) is 10.4. The number of rotatable bonds is 3. The van der Waals surface area contributed by atoms with Crippen LogP contribution in [-0.4, -0.2) is 21.4 Å². The van der Waals surface area contributed by atoms with Crippen molar-refractivity contribution >= 4 is 29.0 Å². The van der Waals surface area contributed by atoms with E-state index in [0.29, 0.717) is 5.56 Å². The Morgan fingerprint density at radius 2 is 2.00 bits per heavy atom. The van der Waals surface area contributed by atoms with Crippen molar-refractivity contribution < 1.29 is 8.60 Å². The molecule has 0 aliphatic heterocycles. The summed E-state index contributed by atoms with van der Waals surface area (Å²) in [6.45, 7) is 5.54. The molecule has 0 aliphatic rings. The van der Waals surface area contributed by atoms with Gasteiger partial charge < -0.3 is 0 Å². The molecule has 1 aromatic carbocycles. The highest BCUT2D eigenvalue weighted by Crippen LogP contribution is 2.18. The van der Waals surface area contributed by atoms with E-state index in [0.717, 1.165) is 4.90 Å². The minimum atomic E-state index is -1.31. The van der Waals surface area contributed by atoms with Crippen LogP contribution in [0.25, 0.3) is 0 Å². The van der Waals surface area contributed by atoms with Gasteiger partial charge in [0.15, 0.2) is 0 Å². The van der Waals surface area contributed by atoms with E-state index in [1.807, 2.05) is 33.1 Å². The molecule has 5 heteroatoms. The molecule has 0 fully saturated rings. The van der Waals surface area contributed by atoms with Crippen molar-refractivity contribution in [2.75, 3.05) is 6.26 Å². The summed E-state index contributed by atoms with van der Waals surface area (Å²) in [5.74, 6) is -0.306. The largest absolute Gasteiger partial charge is 0.234 e. The molecule has 0 aliphatic carbocycles. The fraction of sp³-hybridized carbons (Fsp3) is 0.417. The van der Waals surface area contributed by atoms with Crippen LogP contribution < -0.4 is 0 Å². The smallest absolute Gasteiger partial charge is 0.144 e. The lowest BCUT2D eigenvalue weighted by Gasteiger charge is -2.12. The molecular formula is C12H16FNOS2. The van der Waals surface area contributed by atoms with Gasteiger partial charge in [-0.25, -0.2) is 8.60 Å². The Balaban J connectivity index is 2.92. The van der Waals surface area contributed by atoms with Crippen molar-refractivity contribution in [1.29, 1.82) is 0 Å². The highest BCUT2D eigenvalue weighted by molar-refractivity contribution is 7.98. The lowest BCUT2D eigenvalue weighted by molar-refractivity contribution is 0.624. The summed E-state index contributed by atoms with van der Waals surface area (Å²) < 4.78 is 28.5. The molecule has 0 bridgehead atoms. The number of nitrogens with zero attached hydrogens (tertiary/aromatic N) is 1. The summed E-state index contributed by atoms with van der Waals surface area (Å²) in [4.78, 5) is 0.827. The molecule has 1 atom stereocenters. The Bertz CT molecular complexity index is 452. The standard InChI is InChI=1S/C12H16FNOS2/c1-12(2,3)17(15)14-8-9-5-10(13)7-11(6-9)16-4/h5-8H,1-4H3/b14-8-/t17-/m1/s1. The summed E-state index contributed by atoms with van der Waals surface area (Å²) in [5.41, 5.74) is 0.631. The average molecular weight is 273 g/mol. The van der Waals surface area contributed by atoms with Gasteiger partial charge in [0.1, 0.15) is 16.8 Å². The van der Waals surface area contributed by atoms with Crippen LogP contribution in [-0.2, 0) is 11.0 Å². The molecule has 0 N–H and O–H groups in total. The average Bonchev–Trinajstić information content (AvgIpc) is 2.23. The maximum atomic E-state index is 13.2. The second-order valence-electron chi connectivity index (χ2n) is 4.52. The number of thioether (sulfide) groups is 1. The minimum absolute atomic E-state index is 0.306. The lowest BCUT2D eigenvalue weighted by atomic mass is 10.2. The zero-order chi connectivity index (χ0) is 13.1. The van der Waals surface area contributed by atoms with Gasteiger partial charge in [-0.2, -0.15) is 4.40 Å². The number of benzene rings is 1. The number of hydrogen-bond donors (Lipinski definition) is 0. The van der Waals surface area contributed by atoms with Gasteiger partial charge >= 0.3 is 0 Å². The molecule has 1 rings (SSSR count). The molecule has 0 aromatic heterocycles. The first kappa shape index (κ1) is 14.4. The lowest BCUT2D eigenvalue weighted by Crippen LogP contribution is -2.19. The first-order chi connectivity index (χ1) is 7.82. The molecule has 1 aromatic rings. The van der Waals surface area contributed by atoms with E-state index in [9.17, 15) is 8.60 Å². The Morgan fingerprint density at radius 1 is 1.35 bits per heavy atom. The normalized spacial score (nSPS) is 14.2. The van der Waals surface area contributed by atoms with Crippen LogP contribution in [0, 0.1) is 5.82 Å². The SMILES string of the molecule is CSc1cc(F)cc(/C=N\[S@](=O)C(C)(C)C)c1. The van der Waals surface area contributed by atoms with Gasteiger partial charge in [-0.3, -0.25) is 0 Å². The van der Waals surface area contributed by atoms with Crippen LogP contribution in [0.4, 0.5) is 4.39 Å². The van der Waals surface area contributed by atoms with Crippen LogP contribution in [0.2, 0.25) is 0 Å². The predicted molar refractivity (Wildman–Crippen MR) is 73.7 cm³/mol. The van der Waals surface area contributed by atoms with Crippen LogP contribution >= 0.6 is 11.8 Å². The number of halogens is 1. The second-order valence-corrected chi connectivity index (χ2v) is 7.33. The van der Waals surface area contributed by atoms with E-state index in [1.54, 1.807) is 0 Å². The third-order valence-electron chi connectivity index (χ3n) is 1.95. The third kappa shape index (κ3) is 4.60. The Morgan fingerprint density at radius 3 is 2.53 bits per heavy atom. The topological polar surface area (TPSA) is 29.4 Å². The van der Waals surface area contributed by atoms with Crippen molar-refractivity contribution in [3.8, 4) is 0 Å². The first-order valence-corrected chi connectivity index (χ1v) is 7.47. The highest BCUT2D eigenvalue weighted by Gasteiger charge is 2.18. The summed E-state index contributed by atoms with van der Waals surface area (Å²) in [7, 11) is -1.31. The maximum Gasteiger partial charge on any atom is 0.144 e. The van der Waals surface area contributed by atoms with Gasteiger partial charge in [-0.05, 0) is 50.8 Å². The van der Waals surface area contributed by atoms with Crippen molar-refractivity contribution in [3.63, 3.8) is 0 Å². The Labute approximate surface area is 108 Å². The molecule has 17 heavy (non-hydrogen) atoms. The molecule has 0 amide bonds. The van der Waals surface area contributed by atoms with Crippen LogP contribution in [0.5, 0.6) is 0 Å². The van der Waals surface area contributed by atoms with E-state index in [2.05, 4.69) is 4.40 Å². The molecule has 0 radical (unpaired) electrons. The van der Waals surface area contributed by atoms with Gasteiger partial charge in [0.25, 0.3) is 0 Å². The highest BCUT2D eigenvalue weighted by atomic mass is 32.2. The van der Waals surface area contributed by atoms with Crippen LogP contribution in [0.1, 0.15) is 26.3 Å². The molecule has 2 nitrogen and oxygen atoms in total. The van der Waals surface area contributed by atoms with E-state index >= 15 is 0 Å². The molecule has 0 heterocycles. The minimum Gasteiger partial charge on any atom is -0.234 e. The van der Waals surface area contributed by atoms with Crippen molar-refractivity contribution in [2.24, 2.45) is 4.40 Å². The van der Waals surface area contributed by atoms with E-state index in [4.69, 9.17) is 0 Å². The Hall–Kier alpha value is -0.680. The van der Waals surface area contributed by atoms with E-state index in [-0.39, 0.29) is 5.82 Å². The summed E-state index contributed by atoms with van der Waals surface area (Å²) in [6, 6.07) is 4.66. The van der Waals surface area contributed by atoms with Crippen molar-refractivity contribution in [3.05, 3.63) is 29.6 Å². The van der Waals surface area contributed by atoms with Gasteiger partial charge in [-0.15, -0.1) is 11.8 Å². The monoisotopic (exact) mass is 273 g/mol. The predicted octanol–water partition coefficient (Wildman–Crippen LogP) is 3.43. The summed E-state index contributed by atoms with van der Waals surface area (Å²) in [6.07, 6.45) is 3.34. The van der Waals surface area contributed by atoms with Crippen molar-refractivity contribution in [2.45, 2.75) is 30.4 Å². The maximum absolute atomic E-state index is 13.2. The number of hydrogen-bond acceptors (Lipinski definition) is 2. The molecule has 0 unspecified atom stereocenters. The quantitative estimate of drug-likeness (QED) is 0.624. The van der Waals surface area contributed by atoms with E-state index < -0.39 is 15.7 Å². The van der Waals surface area contributed by atoms with Crippen molar-refractivity contribution in [1.82, 2.24) is 0 Å². The summed E-state index contributed by atoms with van der Waals surface area (Å²) >= 11 is 1.46. The third-order valence-corrected chi connectivity index (χ3v) is 4.00. The van der Waals surface area contributed by atoms with E-state index in [1.165, 1.54) is 30.1 Å². The van der Waals surface area contributed by atoms with Gasteiger partial charge in [-0.1, -0.05) is 0 Å². The van der Waals surface area contributed by atoms with Crippen LogP contribution in [0.3, 0.4) is 0 Å². The zero-order valence-corrected chi connectivity index (χ0v) is 12.0. The molecule has 0 spiro atoms. The van der Waals surface area contributed by atoms with Gasteiger partial charge in [0.05, 0.1) is 4.75 Å².